The summed E-state index contributed by atoms with van der Waals surface area (Å²) in [6, 6.07) is 13.1. The van der Waals surface area contributed by atoms with Crippen LogP contribution in [-0.4, -0.2) is 9.55 Å². The Morgan fingerprint density at radius 3 is 2.89 bits per heavy atom. The van der Waals surface area contributed by atoms with Crippen molar-refractivity contribution in [3.8, 4) is 0 Å². The molecule has 0 amide bonds. The summed E-state index contributed by atoms with van der Waals surface area (Å²) < 4.78 is 2.67. The number of benzene rings is 1. The second kappa shape index (κ2) is 4.97. The molecule has 0 unspecified atom stereocenters. The van der Waals surface area contributed by atoms with Crippen LogP contribution in [0, 0.1) is 0 Å². The molecular formula is C15H11BrN2O. The SMILES string of the molecule is O=c1ccccn1Cc1cc(Br)cc2cccnc12. The first-order valence-corrected chi connectivity index (χ1v) is 6.72. The topological polar surface area (TPSA) is 34.9 Å². The molecule has 0 bridgehead atoms. The predicted molar refractivity (Wildman–Crippen MR) is 79.2 cm³/mol. The van der Waals surface area contributed by atoms with E-state index in [0.717, 1.165) is 20.9 Å². The maximum absolute atomic E-state index is 11.8. The largest absolute Gasteiger partial charge is 0.311 e. The van der Waals surface area contributed by atoms with Gasteiger partial charge >= 0.3 is 0 Å². The van der Waals surface area contributed by atoms with Crippen LogP contribution in [-0.2, 0) is 6.54 Å². The van der Waals surface area contributed by atoms with Crippen LogP contribution in [0.1, 0.15) is 5.56 Å². The van der Waals surface area contributed by atoms with Crippen LogP contribution in [0.2, 0.25) is 0 Å². The minimum atomic E-state index is -0.00782. The van der Waals surface area contributed by atoms with Crippen molar-refractivity contribution in [2.24, 2.45) is 0 Å². The lowest BCUT2D eigenvalue weighted by Crippen LogP contribution is -2.18. The molecule has 2 heterocycles. The maximum atomic E-state index is 11.8. The molecule has 3 nitrogen and oxygen atoms in total. The van der Waals surface area contributed by atoms with Gasteiger partial charge in [-0.3, -0.25) is 9.78 Å². The van der Waals surface area contributed by atoms with Crippen LogP contribution >= 0.6 is 15.9 Å². The van der Waals surface area contributed by atoms with Gasteiger partial charge in [0.15, 0.2) is 0 Å². The van der Waals surface area contributed by atoms with E-state index in [1.807, 2.05) is 30.3 Å². The van der Waals surface area contributed by atoms with Gasteiger partial charge in [0.05, 0.1) is 12.1 Å². The molecule has 1 aromatic carbocycles. The molecule has 0 fully saturated rings. The van der Waals surface area contributed by atoms with E-state index < -0.39 is 0 Å². The number of fused-ring (bicyclic) bond motifs is 1. The summed E-state index contributed by atoms with van der Waals surface area (Å²) in [5, 5.41) is 1.07. The first kappa shape index (κ1) is 12.1. The second-order valence-electron chi connectivity index (χ2n) is 4.31. The van der Waals surface area contributed by atoms with E-state index in [-0.39, 0.29) is 5.56 Å². The Hall–Kier alpha value is -1.94. The molecule has 0 aliphatic heterocycles. The molecule has 4 heteroatoms. The smallest absolute Gasteiger partial charge is 0.250 e. The predicted octanol–water partition coefficient (Wildman–Crippen LogP) is 3.21. The highest BCUT2D eigenvalue weighted by Gasteiger charge is 2.05. The average molecular weight is 315 g/mol. The van der Waals surface area contributed by atoms with Crippen LogP contribution in [0.4, 0.5) is 0 Å². The Kier molecular flexibility index (Phi) is 3.17. The molecule has 0 atom stereocenters. The molecular weight excluding hydrogens is 304 g/mol. The number of hydrogen-bond donors (Lipinski definition) is 0. The Morgan fingerprint density at radius 1 is 1.16 bits per heavy atom. The van der Waals surface area contributed by atoms with E-state index in [4.69, 9.17) is 0 Å². The van der Waals surface area contributed by atoms with Crippen molar-refractivity contribution in [2.45, 2.75) is 6.54 Å². The van der Waals surface area contributed by atoms with E-state index in [0.29, 0.717) is 6.54 Å². The van der Waals surface area contributed by atoms with Crippen molar-refractivity contribution in [1.29, 1.82) is 0 Å². The van der Waals surface area contributed by atoms with Gasteiger partial charge in [0.25, 0.3) is 5.56 Å². The summed E-state index contributed by atoms with van der Waals surface area (Å²) in [6.07, 6.45) is 3.56. The molecule has 3 aromatic rings. The van der Waals surface area contributed by atoms with Gasteiger partial charge in [0.1, 0.15) is 0 Å². The maximum Gasteiger partial charge on any atom is 0.250 e. The van der Waals surface area contributed by atoms with Crippen LogP contribution in [0.3, 0.4) is 0 Å². The molecule has 0 aliphatic carbocycles. The van der Waals surface area contributed by atoms with Gasteiger partial charge in [0.2, 0.25) is 0 Å². The zero-order chi connectivity index (χ0) is 13.2. The summed E-state index contributed by atoms with van der Waals surface area (Å²) >= 11 is 3.50. The van der Waals surface area contributed by atoms with Gasteiger partial charge in [-0.05, 0) is 29.8 Å². The van der Waals surface area contributed by atoms with Crippen LogP contribution < -0.4 is 5.56 Å². The fourth-order valence-electron chi connectivity index (χ4n) is 2.12. The minimum absolute atomic E-state index is 0.00782. The standard InChI is InChI=1S/C15H11BrN2O/c16-13-8-11-4-3-6-17-15(11)12(9-13)10-18-7-2-1-5-14(18)19/h1-9H,10H2. The third-order valence-electron chi connectivity index (χ3n) is 2.99. The molecule has 2 aromatic heterocycles. The van der Waals surface area contributed by atoms with Crippen molar-refractivity contribution in [1.82, 2.24) is 9.55 Å². The van der Waals surface area contributed by atoms with Crippen LogP contribution in [0.5, 0.6) is 0 Å². The number of rotatable bonds is 2. The van der Waals surface area contributed by atoms with Crippen molar-refractivity contribution < 1.29 is 0 Å². The van der Waals surface area contributed by atoms with Crippen molar-refractivity contribution in [3.63, 3.8) is 0 Å². The Bertz CT molecular complexity index is 795. The highest BCUT2D eigenvalue weighted by molar-refractivity contribution is 9.10. The van der Waals surface area contributed by atoms with Crippen molar-refractivity contribution in [2.75, 3.05) is 0 Å². The summed E-state index contributed by atoms with van der Waals surface area (Å²) in [5.74, 6) is 0. The number of nitrogens with zero attached hydrogens (tertiary/aromatic N) is 2. The monoisotopic (exact) mass is 314 g/mol. The van der Waals surface area contributed by atoms with E-state index in [9.17, 15) is 4.79 Å². The van der Waals surface area contributed by atoms with Gasteiger partial charge in [0, 0.05) is 28.3 Å². The van der Waals surface area contributed by atoms with E-state index in [1.54, 1.807) is 29.1 Å². The Morgan fingerprint density at radius 2 is 2.05 bits per heavy atom. The molecule has 3 rings (SSSR count). The number of aromatic nitrogens is 2. The molecule has 0 spiro atoms. The second-order valence-corrected chi connectivity index (χ2v) is 5.22. The minimum Gasteiger partial charge on any atom is -0.311 e. The van der Waals surface area contributed by atoms with Crippen LogP contribution in [0.15, 0.2) is 64.1 Å². The lowest BCUT2D eigenvalue weighted by molar-refractivity contribution is 0.762. The van der Waals surface area contributed by atoms with Crippen molar-refractivity contribution >= 4 is 26.8 Å². The lowest BCUT2D eigenvalue weighted by Gasteiger charge is -2.09. The molecule has 0 saturated carbocycles. The van der Waals surface area contributed by atoms with Gasteiger partial charge in [-0.15, -0.1) is 0 Å². The zero-order valence-corrected chi connectivity index (χ0v) is 11.7. The highest BCUT2D eigenvalue weighted by Crippen LogP contribution is 2.23. The molecule has 0 aliphatic rings. The third kappa shape index (κ3) is 2.44. The Labute approximate surface area is 118 Å². The third-order valence-corrected chi connectivity index (χ3v) is 3.45. The van der Waals surface area contributed by atoms with Gasteiger partial charge in [-0.2, -0.15) is 0 Å². The number of hydrogen-bond acceptors (Lipinski definition) is 2. The van der Waals surface area contributed by atoms with E-state index in [1.165, 1.54) is 0 Å². The molecule has 19 heavy (non-hydrogen) atoms. The molecule has 94 valence electrons. The zero-order valence-electron chi connectivity index (χ0n) is 10.1. The van der Waals surface area contributed by atoms with E-state index in [2.05, 4.69) is 20.9 Å². The molecule has 0 N–H and O–H groups in total. The lowest BCUT2D eigenvalue weighted by atomic mass is 10.1. The molecule has 0 radical (unpaired) electrons. The number of halogens is 1. The summed E-state index contributed by atoms with van der Waals surface area (Å²) in [6.45, 7) is 0.520. The summed E-state index contributed by atoms with van der Waals surface area (Å²) in [4.78, 5) is 16.2. The summed E-state index contributed by atoms with van der Waals surface area (Å²) in [7, 11) is 0. The van der Waals surface area contributed by atoms with E-state index >= 15 is 0 Å². The fraction of sp³-hybridized carbons (Fsp3) is 0.0667. The first-order valence-electron chi connectivity index (χ1n) is 5.93. The van der Waals surface area contributed by atoms with Gasteiger partial charge in [-0.25, -0.2) is 0 Å². The molecule has 0 saturated heterocycles. The quantitative estimate of drug-likeness (QED) is 0.728. The van der Waals surface area contributed by atoms with Crippen molar-refractivity contribution in [3.05, 3.63) is 75.2 Å². The average Bonchev–Trinajstić information content (AvgIpc) is 2.41. The van der Waals surface area contributed by atoms with Gasteiger partial charge < -0.3 is 4.57 Å². The van der Waals surface area contributed by atoms with Crippen LogP contribution in [0.25, 0.3) is 10.9 Å². The summed E-state index contributed by atoms with van der Waals surface area (Å²) in [5.41, 5.74) is 1.95. The Balaban J connectivity index is 2.15. The van der Waals surface area contributed by atoms with Gasteiger partial charge in [-0.1, -0.05) is 28.1 Å². The fourth-order valence-corrected chi connectivity index (χ4v) is 2.65. The highest BCUT2D eigenvalue weighted by atomic mass is 79.9. The number of pyridine rings is 2. The normalized spacial score (nSPS) is 10.8. The first-order chi connectivity index (χ1) is 9.24.